The molecule has 0 saturated heterocycles. The molecule has 0 spiro atoms. The number of amides is 1. The lowest BCUT2D eigenvalue weighted by Crippen LogP contribution is -2.29. The summed E-state index contributed by atoms with van der Waals surface area (Å²) in [6, 6.07) is 21.4. The number of anilines is 2. The van der Waals surface area contributed by atoms with E-state index in [-0.39, 0.29) is 18.6 Å². The molecule has 168 valence electrons. The Morgan fingerprint density at radius 1 is 0.969 bits per heavy atom. The molecule has 3 aromatic rings. The summed E-state index contributed by atoms with van der Waals surface area (Å²) in [4.78, 5) is 12.6. The van der Waals surface area contributed by atoms with E-state index in [9.17, 15) is 13.2 Å². The van der Waals surface area contributed by atoms with Crippen LogP contribution >= 0.6 is 0 Å². The maximum Gasteiger partial charge on any atom is 0.255 e. The third-order valence-electron chi connectivity index (χ3n) is 4.88. The summed E-state index contributed by atoms with van der Waals surface area (Å²) in [5.74, 6) is 0.454. The Hall–Kier alpha value is -3.32. The number of carbonyl (C=O) groups is 1. The van der Waals surface area contributed by atoms with Crippen molar-refractivity contribution in [3.05, 3.63) is 89.5 Å². The van der Waals surface area contributed by atoms with Gasteiger partial charge in [-0.25, -0.2) is 8.42 Å². The number of carbonyl (C=O) groups excluding carboxylic acids is 1. The van der Waals surface area contributed by atoms with Crippen LogP contribution in [-0.2, 0) is 16.6 Å². The average molecular weight is 453 g/mol. The number of aryl methyl sites for hydroxylation is 1. The fraction of sp³-hybridized carbons (Fsp3) is 0.240. The number of hydrogen-bond acceptors (Lipinski definition) is 4. The summed E-state index contributed by atoms with van der Waals surface area (Å²) >= 11 is 0. The summed E-state index contributed by atoms with van der Waals surface area (Å²) in [7, 11) is -3.51. The number of rotatable bonds is 8. The third kappa shape index (κ3) is 6.11. The van der Waals surface area contributed by atoms with E-state index < -0.39 is 10.0 Å². The maximum absolute atomic E-state index is 12.6. The lowest BCUT2D eigenvalue weighted by Gasteiger charge is -2.23. The minimum absolute atomic E-state index is 0.0752. The van der Waals surface area contributed by atoms with Crippen LogP contribution in [0, 0.1) is 6.92 Å². The SMILES string of the molecule is Cc1ccccc1CN(c1ccc(C(=O)Nc2ccc(OC(C)C)cc2)cc1)S(C)(=O)=O. The molecule has 1 amide bonds. The van der Waals surface area contributed by atoms with Crippen molar-refractivity contribution in [2.24, 2.45) is 0 Å². The zero-order chi connectivity index (χ0) is 23.3. The number of hydrogen-bond donors (Lipinski definition) is 1. The van der Waals surface area contributed by atoms with Crippen molar-refractivity contribution in [3.8, 4) is 5.75 Å². The van der Waals surface area contributed by atoms with Gasteiger partial charge in [0, 0.05) is 11.3 Å². The second-order valence-corrected chi connectivity index (χ2v) is 9.79. The highest BCUT2D eigenvalue weighted by molar-refractivity contribution is 7.92. The van der Waals surface area contributed by atoms with E-state index in [1.54, 1.807) is 48.5 Å². The van der Waals surface area contributed by atoms with E-state index in [0.29, 0.717) is 16.9 Å². The van der Waals surface area contributed by atoms with Gasteiger partial charge in [0.1, 0.15) is 5.75 Å². The molecule has 0 aliphatic rings. The van der Waals surface area contributed by atoms with Gasteiger partial charge >= 0.3 is 0 Å². The van der Waals surface area contributed by atoms with Gasteiger partial charge < -0.3 is 10.1 Å². The molecule has 0 atom stereocenters. The van der Waals surface area contributed by atoms with Crippen molar-refractivity contribution >= 4 is 27.3 Å². The van der Waals surface area contributed by atoms with Crippen LogP contribution in [0.2, 0.25) is 0 Å². The molecule has 32 heavy (non-hydrogen) atoms. The molecule has 0 aromatic heterocycles. The van der Waals surface area contributed by atoms with E-state index in [4.69, 9.17) is 4.74 Å². The predicted molar refractivity (Wildman–Crippen MR) is 129 cm³/mol. The standard InChI is InChI=1S/C25H28N2O4S/c1-18(2)31-24-15-11-22(12-16-24)26-25(28)20-9-13-23(14-10-20)27(32(4,29)30)17-21-8-6-5-7-19(21)3/h5-16,18H,17H2,1-4H3,(H,26,28). The minimum atomic E-state index is -3.51. The molecule has 3 rings (SSSR count). The normalized spacial score (nSPS) is 11.3. The summed E-state index contributed by atoms with van der Waals surface area (Å²) in [5.41, 5.74) is 3.52. The van der Waals surface area contributed by atoms with Crippen LogP contribution in [0.4, 0.5) is 11.4 Å². The quantitative estimate of drug-likeness (QED) is 0.522. The van der Waals surface area contributed by atoms with E-state index >= 15 is 0 Å². The average Bonchev–Trinajstić information content (AvgIpc) is 2.73. The highest BCUT2D eigenvalue weighted by Crippen LogP contribution is 2.23. The monoisotopic (exact) mass is 452 g/mol. The molecule has 0 heterocycles. The number of sulfonamides is 1. The van der Waals surface area contributed by atoms with Gasteiger partial charge in [-0.15, -0.1) is 0 Å². The highest BCUT2D eigenvalue weighted by atomic mass is 32.2. The first-order valence-electron chi connectivity index (χ1n) is 10.3. The molecular weight excluding hydrogens is 424 g/mol. The molecule has 0 saturated carbocycles. The van der Waals surface area contributed by atoms with Gasteiger partial charge in [-0.2, -0.15) is 0 Å². The van der Waals surface area contributed by atoms with Gasteiger partial charge in [0.2, 0.25) is 10.0 Å². The van der Waals surface area contributed by atoms with Crippen LogP contribution in [0.1, 0.15) is 35.3 Å². The van der Waals surface area contributed by atoms with Gasteiger partial charge in [0.05, 0.1) is 24.6 Å². The molecule has 0 aliphatic heterocycles. The van der Waals surface area contributed by atoms with Crippen LogP contribution in [0.25, 0.3) is 0 Å². The van der Waals surface area contributed by atoms with Crippen molar-refractivity contribution in [1.82, 2.24) is 0 Å². The molecular formula is C25H28N2O4S. The summed E-state index contributed by atoms with van der Waals surface area (Å²) in [5, 5.41) is 2.84. The molecule has 1 N–H and O–H groups in total. The fourth-order valence-corrected chi connectivity index (χ4v) is 4.09. The number of benzene rings is 3. The zero-order valence-corrected chi connectivity index (χ0v) is 19.5. The van der Waals surface area contributed by atoms with Gasteiger partial charge in [-0.1, -0.05) is 24.3 Å². The molecule has 6 nitrogen and oxygen atoms in total. The molecule has 0 aliphatic carbocycles. The molecule has 0 bridgehead atoms. The highest BCUT2D eigenvalue weighted by Gasteiger charge is 2.19. The Bertz CT molecular complexity index is 1170. The van der Waals surface area contributed by atoms with Crippen molar-refractivity contribution < 1.29 is 17.9 Å². The van der Waals surface area contributed by atoms with Crippen LogP contribution in [-0.4, -0.2) is 26.7 Å². The Morgan fingerprint density at radius 2 is 1.59 bits per heavy atom. The summed E-state index contributed by atoms with van der Waals surface area (Å²) in [6.45, 7) is 6.07. The predicted octanol–water partition coefficient (Wildman–Crippen LogP) is 5.00. The number of nitrogens with one attached hydrogen (secondary N) is 1. The maximum atomic E-state index is 12.6. The van der Waals surface area contributed by atoms with E-state index in [2.05, 4.69) is 5.32 Å². The molecule has 0 radical (unpaired) electrons. The summed E-state index contributed by atoms with van der Waals surface area (Å²) < 4.78 is 31.8. The van der Waals surface area contributed by atoms with Crippen LogP contribution < -0.4 is 14.4 Å². The number of ether oxygens (including phenoxy) is 1. The van der Waals surface area contributed by atoms with Crippen LogP contribution in [0.5, 0.6) is 5.75 Å². The first-order valence-corrected chi connectivity index (χ1v) is 12.2. The fourth-order valence-electron chi connectivity index (χ4n) is 3.21. The minimum Gasteiger partial charge on any atom is -0.491 e. The second kappa shape index (κ2) is 9.87. The van der Waals surface area contributed by atoms with Gasteiger partial charge in [0.25, 0.3) is 5.91 Å². The molecule has 0 unspecified atom stereocenters. The van der Waals surface area contributed by atoms with Gasteiger partial charge in [-0.05, 0) is 80.4 Å². The molecule has 0 fully saturated rings. The largest absolute Gasteiger partial charge is 0.491 e. The first kappa shape index (κ1) is 23.3. The van der Waals surface area contributed by atoms with E-state index in [1.807, 2.05) is 45.0 Å². The first-order chi connectivity index (χ1) is 15.1. The topological polar surface area (TPSA) is 75.7 Å². The third-order valence-corrected chi connectivity index (χ3v) is 6.02. The molecule has 3 aromatic carbocycles. The van der Waals surface area contributed by atoms with Crippen LogP contribution in [0.15, 0.2) is 72.8 Å². The zero-order valence-electron chi connectivity index (χ0n) is 18.7. The van der Waals surface area contributed by atoms with Crippen molar-refractivity contribution in [2.45, 2.75) is 33.4 Å². The number of nitrogens with zero attached hydrogens (tertiary/aromatic N) is 1. The van der Waals surface area contributed by atoms with Gasteiger partial charge in [-0.3, -0.25) is 9.10 Å². The Labute approximate surface area is 189 Å². The van der Waals surface area contributed by atoms with E-state index in [1.165, 1.54) is 10.6 Å². The lowest BCUT2D eigenvalue weighted by molar-refractivity contribution is 0.102. The Balaban J connectivity index is 1.74. The lowest BCUT2D eigenvalue weighted by atomic mass is 10.1. The summed E-state index contributed by atoms with van der Waals surface area (Å²) in [6.07, 6.45) is 1.25. The molecule has 7 heteroatoms. The van der Waals surface area contributed by atoms with E-state index in [0.717, 1.165) is 16.9 Å². The van der Waals surface area contributed by atoms with Crippen molar-refractivity contribution in [1.29, 1.82) is 0 Å². The Kier molecular flexibility index (Phi) is 7.20. The van der Waals surface area contributed by atoms with Crippen molar-refractivity contribution in [2.75, 3.05) is 15.9 Å². The smallest absolute Gasteiger partial charge is 0.255 e. The second-order valence-electron chi connectivity index (χ2n) is 7.89. The van der Waals surface area contributed by atoms with Crippen LogP contribution in [0.3, 0.4) is 0 Å². The Morgan fingerprint density at radius 3 is 2.16 bits per heavy atom. The van der Waals surface area contributed by atoms with Gasteiger partial charge in [0.15, 0.2) is 0 Å². The van der Waals surface area contributed by atoms with Crippen molar-refractivity contribution in [3.63, 3.8) is 0 Å².